The van der Waals surface area contributed by atoms with Gasteiger partial charge in [0, 0.05) is 24.1 Å². The Morgan fingerprint density at radius 3 is 2.21 bits per heavy atom. The van der Waals surface area contributed by atoms with Crippen molar-refractivity contribution in [3.05, 3.63) is 111 Å². The molecule has 0 saturated carbocycles. The summed E-state index contributed by atoms with van der Waals surface area (Å²) < 4.78 is 9.80. The highest BCUT2D eigenvalue weighted by molar-refractivity contribution is 5.82. The van der Waals surface area contributed by atoms with Crippen molar-refractivity contribution in [2.24, 2.45) is 12.0 Å². The van der Waals surface area contributed by atoms with Crippen LogP contribution in [0.5, 0.6) is 0 Å². The molecule has 0 saturated heterocycles. The summed E-state index contributed by atoms with van der Waals surface area (Å²) in [6, 6.07) is 25.6. The second kappa shape index (κ2) is 8.10. The molecule has 0 atom stereocenters. The molecular weight excluding hydrogens is 410 g/mol. The van der Waals surface area contributed by atoms with Gasteiger partial charge >= 0.3 is 0 Å². The zero-order chi connectivity index (χ0) is 23.1. The number of hydrogen-bond donors (Lipinski definition) is 0. The Bertz CT molecular complexity index is 1610. The Balaban J connectivity index is 1.84. The van der Waals surface area contributed by atoms with E-state index in [0.29, 0.717) is 11.4 Å². The number of fused-ring (bicyclic) bond motifs is 1. The summed E-state index contributed by atoms with van der Waals surface area (Å²) in [4.78, 5) is 18.4. The van der Waals surface area contributed by atoms with Crippen molar-refractivity contribution in [3.63, 3.8) is 0 Å². The van der Waals surface area contributed by atoms with Crippen LogP contribution in [0.2, 0.25) is 0 Å². The van der Waals surface area contributed by atoms with Gasteiger partial charge in [-0.2, -0.15) is 0 Å². The number of rotatable bonds is 3. The minimum absolute atomic E-state index is 0.152. The van der Waals surface area contributed by atoms with Gasteiger partial charge in [-0.3, -0.25) is 9.48 Å². The standard InChI is InChI=1S/C28H25N3O2/c1-18-15-19(2)26-23(17-24(33-25(26)16-18)21-11-7-5-8-12-21)29-27-20(3)30(4)31(28(27)32)22-13-9-6-10-14-22/h5-17H,1-4H3. The SMILES string of the molecule is Cc1cc(C)c2c(=Nc3c(C)n(C)n(-c4ccccc4)c3=O)cc(-c3ccccc3)oc2c1. The summed E-state index contributed by atoms with van der Waals surface area (Å²) in [5.41, 5.74) is 5.76. The highest BCUT2D eigenvalue weighted by atomic mass is 16.3. The molecule has 0 aliphatic carbocycles. The van der Waals surface area contributed by atoms with Crippen LogP contribution in [0.15, 0.2) is 93.1 Å². The number of nitrogens with zero attached hydrogens (tertiary/aromatic N) is 3. The summed E-state index contributed by atoms with van der Waals surface area (Å²) in [6.07, 6.45) is 0. The lowest BCUT2D eigenvalue weighted by Crippen LogP contribution is -2.19. The van der Waals surface area contributed by atoms with E-state index in [1.165, 1.54) is 0 Å². The quantitative estimate of drug-likeness (QED) is 0.362. The van der Waals surface area contributed by atoms with Crippen molar-refractivity contribution in [2.45, 2.75) is 20.8 Å². The van der Waals surface area contributed by atoms with Crippen LogP contribution in [-0.2, 0) is 7.05 Å². The molecule has 0 spiro atoms. The molecule has 2 heterocycles. The van der Waals surface area contributed by atoms with Gasteiger partial charge in [0.25, 0.3) is 5.56 Å². The van der Waals surface area contributed by atoms with Crippen molar-refractivity contribution in [3.8, 4) is 17.0 Å². The monoisotopic (exact) mass is 435 g/mol. The van der Waals surface area contributed by atoms with Gasteiger partial charge in [0.05, 0.1) is 16.7 Å². The van der Waals surface area contributed by atoms with Crippen molar-refractivity contribution in [1.29, 1.82) is 0 Å². The molecule has 0 bridgehead atoms. The molecule has 0 amide bonds. The average molecular weight is 436 g/mol. The van der Waals surface area contributed by atoms with Crippen LogP contribution in [0.25, 0.3) is 28.0 Å². The molecule has 5 heteroatoms. The first-order chi connectivity index (χ1) is 15.9. The van der Waals surface area contributed by atoms with E-state index in [2.05, 4.69) is 6.07 Å². The van der Waals surface area contributed by atoms with E-state index in [4.69, 9.17) is 9.41 Å². The minimum Gasteiger partial charge on any atom is -0.456 e. The third kappa shape index (κ3) is 3.61. The number of aryl methyl sites for hydroxylation is 2. The zero-order valence-electron chi connectivity index (χ0n) is 19.2. The lowest BCUT2D eigenvalue weighted by Gasteiger charge is -2.08. The maximum Gasteiger partial charge on any atom is 0.297 e. The van der Waals surface area contributed by atoms with Gasteiger partial charge in [0.2, 0.25) is 0 Å². The molecule has 164 valence electrons. The van der Waals surface area contributed by atoms with Gasteiger partial charge in [-0.1, -0.05) is 54.6 Å². The van der Waals surface area contributed by atoms with Crippen LogP contribution in [0.1, 0.15) is 16.8 Å². The molecule has 5 aromatic rings. The van der Waals surface area contributed by atoms with Crippen LogP contribution >= 0.6 is 0 Å². The van der Waals surface area contributed by atoms with E-state index in [9.17, 15) is 4.79 Å². The molecule has 5 nitrogen and oxygen atoms in total. The summed E-state index contributed by atoms with van der Waals surface area (Å²) in [7, 11) is 1.88. The normalized spacial score (nSPS) is 11.9. The van der Waals surface area contributed by atoms with E-state index < -0.39 is 0 Å². The van der Waals surface area contributed by atoms with Gasteiger partial charge in [-0.05, 0) is 50.1 Å². The molecule has 0 aliphatic heterocycles. The molecular formula is C28H25N3O2. The summed E-state index contributed by atoms with van der Waals surface area (Å²) in [5.74, 6) is 0.712. The van der Waals surface area contributed by atoms with Crippen LogP contribution in [0.4, 0.5) is 5.69 Å². The molecule has 0 unspecified atom stereocenters. The lowest BCUT2D eigenvalue weighted by atomic mass is 10.0. The summed E-state index contributed by atoms with van der Waals surface area (Å²) >= 11 is 0. The van der Waals surface area contributed by atoms with Crippen molar-refractivity contribution >= 4 is 16.7 Å². The highest BCUT2D eigenvalue weighted by Gasteiger charge is 2.16. The van der Waals surface area contributed by atoms with Gasteiger partial charge in [0.1, 0.15) is 11.3 Å². The van der Waals surface area contributed by atoms with Gasteiger partial charge in [-0.15, -0.1) is 0 Å². The van der Waals surface area contributed by atoms with Crippen LogP contribution in [0, 0.1) is 20.8 Å². The molecule has 5 rings (SSSR count). The first-order valence-corrected chi connectivity index (χ1v) is 10.9. The fraction of sp³-hybridized carbons (Fsp3) is 0.143. The van der Waals surface area contributed by atoms with Crippen LogP contribution in [0.3, 0.4) is 0 Å². The second-order valence-electron chi connectivity index (χ2n) is 8.34. The van der Waals surface area contributed by atoms with E-state index in [1.807, 2.05) is 105 Å². The average Bonchev–Trinajstić information content (AvgIpc) is 3.02. The Kier molecular flexibility index (Phi) is 5.09. The Morgan fingerprint density at radius 1 is 0.848 bits per heavy atom. The molecule has 33 heavy (non-hydrogen) atoms. The van der Waals surface area contributed by atoms with E-state index in [-0.39, 0.29) is 5.56 Å². The first kappa shape index (κ1) is 20.8. The molecule has 0 N–H and O–H groups in total. The third-order valence-electron chi connectivity index (χ3n) is 6.00. The van der Waals surface area contributed by atoms with Gasteiger partial charge in [-0.25, -0.2) is 9.67 Å². The topological polar surface area (TPSA) is 52.4 Å². The molecule has 0 fully saturated rings. The lowest BCUT2D eigenvalue weighted by molar-refractivity contribution is 0.618. The Morgan fingerprint density at radius 2 is 1.52 bits per heavy atom. The number of aromatic nitrogens is 2. The summed E-state index contributed by atoms with van der Waals surface area (Å²) in [5, 5.41) is 1.63. The fourth-order valence-electron chi connectivity index (χ4n) is 4.32. The Labute approximate surface area is 191 Å². The molecule has 3 aromatic carbocycles. The third-order valence-corrected chi connectivity index (χ3v) is 6.00. The number of hydrogen-bond acceptors (Lipinski definition) is 3. The molecule has 2 aromatic heterocycles. The van der Waals surface area contributed by atoms with Gasteiger partial charge < -0.3 is 4.42 Å². The van der Waals surface area contributed by atoms with Crippen LogP contribution < -0.4 is 10.9 Å². The van der Waals surface area contributed by atoms with E-state index in [1.54, 1.807) is 4.68 Å². The summed E-state index contributed by atoms with van der Waals surface area (Å²) in [6.45, 7) is 6.02. The van der Waals surface area contributed by atoms with Crippen LogP contribution in [-0.4, -0.2) is 9.36 Å². The second-order valence-corrected chi connectivity index (χ2v) is 8.34. The predicted octanol–water partition coefficient (Wildman–Crippen LogP) is 5.75. The van der Waals surface area contributed by atoms with Gasteiger partial charge in [0.15, 0.2) is 5.69 Å². The maximum atomic E-state index is 13.5. The zero-order valence-corrected chi connectivity index (χ0v) is 19.2. The van der Waals surface area contributed by atoms with E-state index in [0.717, 1.165) is 44.4 Å². The number of benzene rings is 3. The minimum atomic E-state index is -0.152. The Hall–Kier alpha value is -4.12. The highest BCUT2D eigenvalue weighted by Crippen LogP contribution is 2.25. The fourth-order valence-corrected chi connectivity index (χ4v) is 4.32. The van der Waals surface area contributed by atoms with Crippen molar-refractivity contribution < 1.29 is 4.42 Å². The molecule has 0 radical (unpaired) electrons. The molecule has 0 aliphatic rings. The van der Waals surface area contributed by atoms with Crippen molar-refractivity contribution in [1.82, 2.24) is 9.36 Å². The smallest absolute Gasteiger partial charge is 0.297 e. The maximum absolute atomic E-state index is 13.5. The van der Waals surface area contributed by atoms with Crippen molar-refractivity contribution in [2.75, 3.05) is 0 Å². The first-order valence-electron chi connectivity index (χ1n) is 10.9. The predicted molar refractivity (Wildman–Crippen MR) is 132 cm³/mol. The number of para-hydroxylation sites is 1. The van der Waals surface area contributed by atoms with E-state index >= 15 is 0 Å². The largest absolute Gasteiger partial charge is 0.456 e.